The van der Waals surface area contributed by atoms with Gasteiger partial charge in [-0.3, -0.25) is 4.79 Å². The summed E-state index contributed by atoms with van der Waals surface area (Å²) in [5, 5.41) is 2.99. The maximum absolute atomic E-state index is 12.8. The van der Waals surface area contributed by atoms with Gasteiger partial charge in [0.05, 0.1) is 38.4 Å². The number of aryl methyl sites for hydroxylation is 1. The molecule has 7 heteroatoms. The third kappa shape index (κ3) is 5.49. The SMILES string of the molecule is COc1ccc(C(=O)NCc2nc3ccccc3n2CCCCOc2ccccc2)cc1OC. The van der Waals surface area contributed by atoms with Crippen LogP contribution in [-0.4, -0.2) is 36.3 Å². The van der Waals surface area contributed by atoms with Crippen molar-refractivity contribution in [2.24, 2.45) is 0 Å². The number of nitrogens with zero attached hydrogens (tertiary/aromatic N) is 2. The van der Waals surface area contributed by atoms with Gasteiger partial charge in [-0.1, -0.05) is 30.3 Å². The number of aromatic nitrogens is 2. The Kier molecular flexibility index (Phi) is 7.65. The summed E-state index contributed by atoms with van der Waals surface area (Å²) in [6.07, 6.45) is 1.85. The summed E-state index contributed by atoms with van der Waals surface area (Å²) in [5.74, 6) is 2.60. The molecule has 3 aromatic carbocycles. The number of para-hydroxylation sites is 3. The van der Waals surface area contributed by atoms with Crippen LogP contribution in [0.15, 0.2) is 72.8 Å². The summed E-state index contributed by atoms with van der Waals surface area (Å²) in [6.45, 7) is 1.77. The quantitative estimate of drug-likeness (QED) is 0.325. The van der Waals surface area contributed by atoms with Gasteiger partial charge in [0.1, 0.15) is 11.6 Å². The number of carbonyl (C=O) groups excluding carboxylic acids is 1. The van der Waals surface area contributed by atoms with Crippen molar-refractivity contribution in [1.82, 2.24) is 14.9 Å². The molecule has 0 atom stereocenters. The number of carbonyl (C=O) groups is 1. The van der Waals surface area contributed by atoms with Crippen molar-refractivity contribution in [3.05, 3.63) is 84.2 Å². The smallest absolute Gasteiger partial charge is 0.251 e. The first kappa shape index (κ1) is 23.2. The van der Waals surface area contributed by atoms with Crippen LogP contribution in [0.25, 0.3) is 11.0 Å². The first-order valence-corrected chi connectivity index (χ1v) is 11.3. The van der Waals surface area contributed by atoms with Crippen molar-refractivity contribution >= 4 is 16.9 Å². The number of hydrogen-bond acceptors (Lipinski definition) is 5. The van der Waals surface area contributed by atoms with Crippen molar-refractivity contribution < 1.29 is 19.0 Å². The number of unbranched alkanes of at least 4 members (excludes halogenated alkanes) is 1. The minimum Gasteiger partial charge on any atom is -0.494 e. The standard InChI is InChI=1S/C27H29N3O4/c1-32-24-15-14-20(18-25(24)33-2)27(31)28-19-26-29-22-12-6-7-13-23(22)30(26)16-8-9-17-34-21-10-4-3-5-11-21/h3-7,10-15,18H,8-9,16-17,19H2,1-2H3,(H,28,31). The fourth-order valence-corrected chi connectivity index (χ4v) is 3.83. The summed E-state index contributed by atoms with van der Waals surface area (Å²) < 4.78 is 18.5. The Balaban J connectivity index is 1.40. The number of amides is 1. The molecular formula is C27H29N3O4. The largest absolute Gasteiger partial charge is 0.494 e. The van der Waals surface area contributed by atoms with Crippen LogP contribution in [0.5, 0.6) is 17.2 Å². The lowest BCUT2D eigenvalue weighted by atomic mass is 10.2. The van der Waals surface area contributed by atoms with E-state index in [0.717, 1.165) is 42.0 Å². The molecule has 4 rings (SSSR count). The summed E-state index contributed by atoms with van der Waals surface area (Å²) in [7, 11) is 3.11. The van der Waals surface area contributed by atoms with Crippen molar-refractivity contribution in [1.29, 1.82) is 0 Å². The lowest BCUT2D eigenvalue weighted by Gasteiger charge is -2.12. The van der Waals surface area contributed by atoms with E-state index in [2.05, 4.69) is 16.0 Å². The number of imidazole rings is 1. The zero-order valence-electron chi connectivity index (χ0n) is 19.5. The number of hydrogen-bond donors (Lipinski definition) is 1. The maximum Gasteiger partial charge on any atom is 0.251 e. The normalized spacial score (nSPS) is 10.8. The summed E-state index contributed by atoms with van der Waals surface area (Å²) >= 11 is 0. The Morgan fingerprint density at radius 2 is 1.68 bits per heavy atom. The van der Waals surface area contributed by atoms with E-state index in [1.165, 1.54) is 0 Å². The zero-order valence-corrected chi connectivity index (χ0v) is 19.5. The third-order valence-corrected chi connectivity index (χ3v) is 5.57. The van der Waals surface area contributed by atoms with Crippen molar-refractivity contribution in [2.75, 3.05) is 20.8 Å². The van der Waals surface area contributed by atoms with Crippen LogP contribution in [0.4, 0.5) is 0 Å². The molecule has 1 heterocycles. The van der Waals surface area contributed by atoms with Crippen LogP contribution in [0.1, 0.15) is 29.0 Å². The van der Waals surface area contributed by atoms with Crippen molar-refractivity contribution in [3.63, 3.8) is 0 Å². The van der Waals surface area contributed by atoms with Crippen molar-refractivity contribution in [2.45, 2.75) is 25.9 Å². The number of ether oxygens (including phenoxy) is 3. The van der Waals surface area contributed by atoms with Crippen LogP contribution in [0.2, 0.25) is 0 Å². The zero-order chi connectivity index (χ0) is 23.8. The van der Waals surface area contributed by atoms with Gasteiger partial charge in [-0.05, 0) is 55.3 Å². The van der Waals surface area contributed by atoms with E-state index >= 15 is 0 Å². The fourth-order valence-electron chi connectivity index (χ4n) is 3.83. The second kappa shape index (κ2) is 11.2. The molecule has 0 spiro atoms. The minimum absolute atomic E-state index is 0.198. The highest BCUT2D eigenvalue weighted by atomic mass is 16.5. The number of nitrogens with one attached hydrogen (secondary N) is 1. The molecule has 0 radical (unpaired) electrons. The Hall–Kier alpha value is -4.00. The highest BCUT2D eigenvalue weighted by Crippen LogP contribution is 2.27. The van der Waals surface area contributed by atoms with E-state index < -0.39 is 0 Å². The molecule has 0 bridgehead atoms. The number of rotatable bonds is 11. The molecule has 7 nitrogen and oxygen atoms in total. The molecule has 0 aliphatic heterocycles. The molecule has 0 saturated carbocycles. The van der Waals surface area contributed by atoms with Gasteiger partial charge in [-0.25, -0.2) is 4.98 Å². The van der Waals surface area contributed by atoms with Crippen molar-refractivity contribution in [3.8, 4) is 17.2 Å². The first-order chi connectivity index (χ1) is 16.7. The monoisotopic (exact) mass is 459 g/mol. The first-order valence-electron chi connectivity index (χ1n) is 11.3. The van der Waals surface area contributed by atoms with E-state index in [9.17, 15) is 4.79 Å². The number of benzene rings is 3. The predicted octanol–water partition coefficient (Wildman–Crippen LogP) is 4.84. The number of methoxy groups -OCH3 is 2. The van der Waals surface area contributed by atoms with Gasteiger partial charge in [0.25, 0.3) is 5.91 Å². The van der Waals surface area contributed by atoms with Gasteiger partial charge in [-0.2, -0.15) is 0 Å². The van der Waals surface area contributed by atoms with Crippen LogP contribution in [-0.2, 0) is 13.1 Å². The Labute approximate surface area is 199 Å². The molecule has 176 valence electrons. The Bertz CT molecular complexity index is 1240. The Morgan fingerprint density at radius 1 is 0.912 bits per heavy atom. The molecule has 0 aliphatic carbocycles. The van der Waals surface area contributed by atoms with Gasteiger partial charge < -0.3 is 24.1 Å². The molecule has 1 aromatic heterocycles. The molecule has 1 amide bonds. The highest BCUT2D eigenvalue weighted by molar-refractivity contribution is 5.94. The number of fused-ring (bicyclic) bond motifs is 1. The van der Waals surface area contributed by atoms with Crippen LogP contribution >= 0.6 is 0 Å². The topological polar surface area (TPSA) is 74.6 Å². The second-order valence-corrected chi connectivity index (χ2v) is 7.79. The molecule has 1 N–H and O–H groups in total. The molecule has 4 aromatic rings. The van der Waals surface area contributed by atoms with Crippen LogP contribution < -0.4 is 19.5 Å². The maximum atomic E-state index is 12.8. The van der Waals surface area contributed by atoms with E-state index in [0.29, 0.717) is 30.2 Å². The average Bonchev–Trinajstić information content (AvgIpc) is 3.24. The molecule has 0 saturated heterocycles. The molecule has 0 unspecified atom stereocenters. The van der Waals surface area contributed by atoms with E-state index in [4.69, 9.17) is 19.2 Å². The van der Waals surface area contributed by atoms with Gasteiger partial charge >= 0.3 is 0 Å². The van der Waals surface area contributed by atoms with Gasteiger partial charge in [-0.15, -0.1) is 0 Å². The molecule has 34 heavy (non-hydrogen) atoms. The van der Waals surface area contributed by atoms with Crippen LogP contribution in [0, 0.1) is 0 Å². The van der Waals surface area contributed by atoms with Gasteiger partial charge in [0, 0.05) is 12.1 Å². The molecule has 0 fully saturated rings. The minimum atomic E-state index is -0.198. The predicted molar refractivity (Wildman–Crippen MR) is 132 cm³/mol. The second-order valence-electron chi connectivity index (χ2n) is 7.79. The van der Waals surface area contributed by atoms with Gasteiger partial charge in [0.15, 0.2) is 11.5 Å². The summed E-state index contributed by atoms with van der Waals surface area (Å²) in [4.78, 5) is 17.5. The van der Waals surface area contributed by atoms with E-state index in [-0.39, 0.29) is 5.91 Å². The molecule has 0 aliphatic rings. The lowest BCUT2D eigenvalue weighted by Crippen LogP contribution is -2.25. The van der Waals surface area contributed by atoms with Gasteiger partial charge in [0.2, 0.25) is 0 Å². The lowest BCUT2D eigenvalue weighted by molar-refractivity contribution is 0.0949. The van der Waals surface area contributed by atoms with Crippen LogP contribution in [0.3, 0.4) is 0 Å². The summed E-state index contributed by atoms with van der Waals surface area (Å²) in [6, 6.07) is 23.0. The summed E-state index contributed by atoms with van der Waals surface area (Å²) in [5.41, 5.74) is 2.47. The Morgan fingerprint density at radius 3 is 2.47 bits per heavy atom. The fraction of sp³-hybridized carbons (Fsp3) is 0.259. The highest BCUT2D eigenvalue weighted by Gasteiger charge is 2.14. The molecular weight excluding hydrogens is 430 g/mol. The van der Waals surface area contributed by atoms with E-state index in [1.54, 1.807) is 32.4 Å². The third-order valence-electron chi connectivity index (χ3n) is 5.57. The average molecular weight is 460 g/mol. The van der Waals surface area contributed by atoms with E-state index in [1.807, 2.05) is 48.5 Å².